The van der Waals surface area contributed by atoms with E-state index in [0.29, 0.717) is 0 Å². The summed E-state index contributed by atoms with van der Waals surface area (Å²) in [4.78, 5) is 24.9. The molecule has 0 aliphatic heterocycles. The average molecular weight is 279 g/mol. The topological polar surface area (TPSA) is 85.1 Å². The highest BCUT2D eigenvalue weighted by atomic mass is 19.2. The van der Waals surface area contributed by atoms with Crippen LogP contribution in [-0.2, 0) is 0 Å². The molecule has 0 bridgehead atoms. The van der Waals surface area contributed by atoms with E-state index in [9.17, 15) is 23.7 Å². The lowest BCUT2D eigenvalue weighted by atomic mass is 10.2. The van der Waals surface area contributed by atoms with Gasteiger partial charge in [0.15, 0.2) is 5.82 Å². The van der Waals surface area contributed by atoms with Crippen LogP contribution < -0.4 is 5.32 Å². The lowest BCUT2D eigenvalue weighted by Crippen LogP contribution is -2.16. The predicted octanol–water partition coefficient (Wildman–Crippen LogP) is 2.52. The van der Waals surface area contributed by atoms with Gasteiger partial charge in [0.1, 0.15) is 5.69 Å². The number of para-hydroxylation sites is 2. The minimum Gasteiger partial charge on any atom is -0.316 e. The third-order valence-corrected chi connectivity index (χ3v) is 2.44. The third kappa shape index (κ3) is 2.58. The van der Waals surface area contributed by atoms with Crippen molar-refractivity contribution in [3.05, 3.63) is 64.0 Å². The zero-order chi connectivity index (χ0) is 14.7. The normalized spacial score (nSPS) is 10.1. The highest BCUT2D eigenvalue weighted by Crippen LogP contribution is 2.24. The minimum atomic E-state index is -1.42. The van der Waals surface area contributed by atoms with Gasteiger partial charge in [-0.2, -0.15) is 4.39 Å². The number of nitro benzene ring substituents is 1. The summed E-state index contributed by atoms with van der Waals surface area (Å²) in [6.45, 7) is 0. The van der Waals surface area contributed by atoms with Crippen LogP contribution in [0.3, 0.4) is 0 Å². The number of aromatic nitrogens is 1. The van der Waals surface area contributed by atoms with Crippen LogP contribution in [0.2, 0.25) is 0 Å². The van der Waals surface area contributed by atoms with E-state index in [4.69, 9.17) is 0 Å². The van der Waals surface area contributed by atoms with Gasteiger partial charge in [-0.1, -0.05) is 12.1 Å². The number of nitro groups is 1. The Balaban J connectivity index is 2.33. The van der Waals surface area contributed by atoms with Crippen LogP contribution in [0.25, 0.3) is 0 Å². The van der Waals surface area contributed by atoms with Crippen LogP contribution in [-0.4, -0.2) is 15.8 Å². The Morgan fingerprint density at radius 1 is 1.25 bits per heavy atom. The summed E-state index contributed by atoms with van der Waals surface area (Å²) in [5, 5.41) is 12.9. The van der Waals surface area contributed by atoms with E-state index in [2.05, 4.69) is 10.3 Å². The molecule has 1 aromatic carbocycles. The lowest BCUT2D eigenvalue weighted by Gasteiger charge is -2.06. The summed E-state index contributed by atoms with van der Waals surface area (Å²) in [6.07, 6.45) is 0.923. The maximum absolute atomic E-state index is 13.4. The van der Waals surface area contributed by atoms with Crippen LogP contribution in [0.5, 0.6) is 0 Å². The number of pyridine rings is 1. The second kappa shape index (κ2) is 5.39. The van der Waals surface area contributed by atoms with Crippen molar-refractivity contribution in [2.75, 3.05) is 5.32 Å². The van der Waals surface area contributed by atoms with Gasteiger partial charge in [-0.25, -0.2) is 9.37 Å². The van der Waals surface area contributed by atoms with Gasteiger partial charge in [0, 0.05) is 12.3 Å². The van der Waals surface area contributed by atoms with Crippen LogP contribution in [0.15, 0.2) is 36.5 Å². The Hall–Kier alpha value is -2.90. The lowest BCUT2D eigenvalue weighted by molar-refractivity contribution is -0.383. The van der Waals surface area contributed by atoms with Crippen molar-refractivity contribution < 1.29 is 18.5 Å². The summed E-state index contributed by atoms with van der Waals surface area (Å²) < 4.78 is 26.3. The maximum atomic E-state index is 13.4. The smallest absolute Gasteiger partial charge is 0.292 e. The molecule has 20 heavy (non-hydrogen) atoms. The second-order valence-corrected chi connectivity index (χ2v) is 3.69. The monoisotopic (exact) mass is 279 g/mol. The molecular formula is C12H7F2N3O3. The molecule has 0 radical (unpaired) electrons. The fourth-order valence-electron chi connectivity index (χ4n) is 1.52. The first-order chi connectivity index (χ1) is 9.50. The first-order valence-electron chi connectivity index (χ1n) is 5.35. The third-order valence-electron chi connectivity index (χ3n) is 2.44. The van der Waals surface area contributed by atoms with E-state index in [0.717, 1.165) is 12.3 Å². The summed E-state index contributed by atoms with van der Waals surface area (Å²) in [6, 6.07) is 6.32. The number of nitrogens with zero attached hydrogens (tertiary/aromatic N) is 2. The molecule has 1 aromatic heterocycles. The van der Waals surface area contributed by atoms with Gasteiger partial charge < -0.3 is 5.32 Å². The fourth-order valence-corrected chi connectivity index (χ4v) is 1.52. The van der Waals surface area contributed by atoms with Crippen LogP contribution >= 0.6 is 0 Å². The summed E-state index contributed by atoms with van der Waals surface area (Å²) in [5.41, 5.74) is -1.05. The van der Waals surface area contributed by atoms with E-state index in [1.807, 2.05) is 0 Å². The van der Waals surface area contributed by atoms with E-state index >= 15 is 0 Å². The molecule has 0 atom stereocenters. The largest absolute Gasteiger partial charge is 0.316 e. The molecule has 0 fully saturated rings. The molecule has 6 nitrogen and oxygen atoms in total. The first kappa shape index (κ1) is 13.5. The zero-order valence-corrected chi connectivity index (χ0v) is 9.84. The van der Waals surface area contributed by atoms with Crippen molar-refractivity contribution in [3.8, 4) is 0 Å². The Bertz CT molecular complexity index is 691. The minimum absolute atomic E-state index is 0.112. The molecule has 0 saturated heterocycles. The Labute approximate surface area is 111 Å². The Morgan fingerprint density at radius 2 is 1.95 bits per heavy atom. The highest BCUT2D eigenvalue weighted by Gasteiger charge is 2.19. The molecule has 2 aromatic rings. The van der Waals surface area contributed by atoms with Gasteiger partial charge in [0.2, 0.25) is 5.95 Å². The van der Waals surface area contributed by atoms with Crippen molar-refractivity contribution in [2.24, 2.45) is 0 Å². The Kier molecular flexibility index (Phi) is 3.65. The number of rotatable bonds is 3. The molecule has 0 aliphatic rings. The summed E-state index contributed by atoms with van der Waals surface area (Å²) in [5.74, 6) is -3.83. The highest BCUT2D eigenvalue weighted by molar-refractivity contribution is 6.05. The standard InChI is InChI=1S/C12H7F2N3O3/c13-10-7(5-6-15-11(10)14)12(18)16-8-3-1-2-4-9(8)17(19)20/h1-6H,(H,16,18). The van der Waals surface area contributed by atoms with Crippen molar-refractivity contribution in [2.45, 2.75) is 0 Å². The molecule has 8 heteroatoms. The number of nitrogens with one attached hydrogen (secondary N) is 1. The molecule has 0 spiro atoms. The van der Waals surface area contributed by atoms with Gasteiger partial charge in [-0.3, -0.25) is 14.9 Å². The SMILES string of the molecule is O=C(Nc1ccccc1[N+](=O)[O-])c1ccnc(F)c1F. The predicted molar refractivity (Wildman–Crippen MR) is 65.2 cm³/mol. The van der Waals surface area contributed by atoms with E-state index in [1.54, 1.807) is 0 Å². The molecule has 2 rings (SSSR count). The van der Waals surface area contributed by atoms with Gasteiger partial charge >= 0.3 is 0 Å². The number of hydrogen-bond acceptors (Lipinski definition) is 4. The molecule has 1 N–H and O–H groups in total. The number of carbonyl (C=O) groups is 1. The second-order valence-electron chi connectivity index (χ2n) is 3.69. The molecule has 0 saturated carbocycles. The van der Waals surface area contributed by atoms with Gasteiger partial charge in [-0.05, 0) is 12.1 Å². The van der Waals surface area contributed by atoms with E-state index in [-0.39, 0.29) is 11.4 Å². The van der Waals surface area contributed by atoms with Crippen molar-refractivity contribution in [3.63, 3.8) is 0 Å². The van der Waals surface area contributed by atoms with Crippen molar-refractivity contribution in [1.82, 2.24) is 4.98 Å². The van der Waals surface area contributed by atoms with E-state index < -0.39 is 28.2 Å². The molecular weight excluding hydrogens is 272 g/mol. The van der Waals surface area contributed by atoms with Gasteiger partial charge in [0.05, 0.1) is 10.5 Å². The van der Waals surface area contributed by atoms with Crippen LogP contribution in [0.4, 0.5) is 20.2 Å². The van der Waals surface area contributed by atoms with E-state index in [1.165, 1.54) is 24.3 Å². The number of carbonyl (C=O) groups excluding carboxylic acids is 1. The number of amides is 1. The zero-order valence-electron chi connectivity index (χ0n) is 9.84. The molecule has 0 aliphatic carbocycles. The summed E-state index contributed by atoms with van der Waals surface area (Å²) >= 11 is 0. The number of benzene rings is 1. The summed E-state index contributed by atoms with van der Waals surface area (Å²) in [7, 11) is 0. The number of halogens is 2. The molecule has 1 heterocycles. The quantitative estimate of drug-likeness (QED) is 0.531. The maximum Gasteiger partial charge on any atom is 0.292 e. The molecule has 0 unspecified atom stereocenters. The molecule has 1 amide bonds. The number of anilines is 1. The van der Waals surface area contributed by atoms with Gasteiger partial charge in [0.25, 0.3) is 11.6 Å². The average Bonchev–Trinajstić information content (AvgIpc) is 2.42. The fraction of sp³-hybridized carbons (Fsp3) is 0. The molecule has 102 valence electrons. The van der Waals surface area contributed by atoms with Crippen LogP contribution in [0, 0.1) is 21.9 Å². The Morgan fingerprint density at radius 3 is 2.65 bits per heavy atom. The first-order valence-corrected chi connectivity index (χ1v) is 5.35. The van der Waals surface area contributed by atoms with Gasteiger partial charge in [-0.15, -0.1) is 0 Å². The van der Waals surface area contributed by atoms with Crippen molar-refractivity contribution >= 4 is 17.3 Å². The van der Waals surface area contributed by atoms with Crippen molar-refractivity contribution in [1.29, 1.82) is 0 Å². The van der Waals surface area contributed by atoms with Crippen LogP contribution in [0.1, 0.15) is 10.4 Å². The number of hydrogen-bond donors (Lipinski definition) is 1.